The number of aryl methyl sites for hydroxylation is 3. The molecule has 0 atom stereocenters. The van der Waals surface area contributed by atoms with Crippen LogP contribution < -0.4 is 10.1 Å². The van der Waals surface area contributed by atoms with Crippen LogP contribution in [-0.4, -0.2) is 11.1 Å². The van der Waals surface area contributed by atoms with E-state index in [9.17, 15) is 4.79 Å². The fraction of sp³-hybridized carbons (Fsp3) is 0.154. The molecule has 1 N–H and O–H groups in total. The molecule has 0 aliphatic rings. The van der Waals surface area contributed by atoms with Crippen LogP contribution in [0.1, 0.15) is 32.9 Å². The average Bonchev–Trinajstić information content (AvgIpc) is 3.15. The monoisotopic (exact) mass is 412 g/mol. The van der Waals surface area contributed by atoms with E-state index >= 15 is 0 Å². The molecule has 5 heteroatoms. The molecule has 0 aliphatic heterocycles. The summed E-state index contributed by atoms with van der Waals surface area (Å²) in [5.74, 6) is 1.01. The highest BCUT2D eigenvalue weighted by molar-refractivity contribution is 6.04. The molecule has 0 spiro atoms. The number of rotatable bonds is 6. The van der Waals surface area contributed by atoms with Gasteiger partial charge in [-0.05, 0) is 55.7 Å². The van der Waals surface area contributed by atoms with Crippen LogP contribution >= 0.6 is 0 Å². The van der Waals surface area contributed by atoms with Crippen molar-refractivity contribution in [1.29, 1.82) is 0 Å². The quantitative estimate of drug-likeness (QED) is 0.416. The van der Waals surface area contributed by atoms with Crippen LogP contribution in [0.3, 0.4) is 0 Å². The van der Waals surface area contributed by atoms with E-state index in [0.29, 0.717) is 17.0 Å². The number of ether oxygens (including phenoxy) is 1. The summed E-state index contributed by atoms with van der Waals surface area (Å²) in [6.07, 6.45) is 0. The molecule has 0 aliphatic carbocycles. The van der Waals surface area contributed by atoms with Gasteiger partial charge in [-0.2, -0.15) is 0 Å². The Morgan fingerprint density at radius 2 is 1.65 bits per heavy atom. The van der Waals surface area contributed by atoms with E-state index in [-0.39, 0.29) is 18.2 Å². The third-order valence-corrected chi connectivity index (χ3v) is 5.15. The Morgan fingerprint density at radius 3 is 2.35 bits per heavy atom. The zero-order valence-corrected chi connectivity index (χ0v) is 17.8. The lowest BCUT2D eigenvalue weighted by molar-refractivity contribution is 0.101. The average molecular weight is 412 g/mol. The van der Waals surface area contributed by atoms with Crippen molar-refractivity contribution in [2.75, 3.05) is 5.32 Å². The Hall–Kier alpha value is -3.86. The highest BCUT2D eigenvalue weighted by Gasteiger charge is 2.21. The van der Waals surface area contributed by atoms with Gasteiger partial charge in [0.25, 0.3) is 5.91 Å². The summed E-state index contributed by atoms with van der Waals surface area (Å²) in [7, 11) is 0. The molecule has 4 rings (SSSR count). The van der Waals surface area contributed by atoms with Crippen molar-refractivity contribution in [2.45, 2.75) is 27.4 Å². The number of hydrogen-bond acceptors (Lipinski definition) is 4. The van der Waals surface area contributed by atoms with Gasteiger partial charge in [-0.1, -0.05) is 65.3 Å². The first-order valence-electron chi connectivity index (χ1n) is 10.1. The minimum Gasteiger partial charge on any atom is -0.488 e. The highest BCUT2D eigenvalue weighted by Crippen LogP contribution is 2.24. The van der Waals surface area contributed by atoms with Crippen LogP contribution in [0.15, 0.2) is 77.3 Å². The lowest BCUT2D eigenvalue weighted by Gasteiger charge is -2.10. The first-order valence-corrected chi connectivity index (χ1v) is 10.1. The van der Waals surface area contributed by atoms with E-state index in [0.717, 1.165) is 22.4 Å². The van der Waals surface area contributed by atoms with Gasteiger partial charge < -0.3 is 14.6 Å². The van der Waals surface area contributed by atoms with E-state index < -0.39 is 0 Å². The van der Waals surface area contributed by atoms with E-state index in [1.54, 1.807) is 6.92 Å². The molecular weight excluding hydrogens is 388 g/mol. The Labute approximate surface area is 181 Å². The van der Waals surface area contributed by atoms with Gasteiger partial charge in [0.2, 0.25) is 0 Å². The second-order valence-electron chi connectivity index (χ2n) is 7.52. The van der Waals surface area contributed by atoms with E-state index in [4.69, 9.17) is 9.26 Å². The van der Waals surface area contributed by atoms with Gasteiger partial charge in [0, 0.05) is 5.69 Å². The van der Waals surface area contributed by atoms with Gasteiger partial charge in [-0.25, -0.2) is 0 Å². The van der Waals surface area contributed by atoms with Gasteiger partial charge in [0.1, 0.15) is 18.1 Å². The number of carbonyl (C=O) groups excluding carboxylic acids is 1. The number of carbonyl (C=O) groups is 1. The SMILES string of the molecule is Cc1ccc(OCc2c(C(=O)Nc3ccc(-c4ccccc4)cc3)noc2C)c(C)c1. The molecular formula is C26H24N2O3. The normalized spacial score (nSPS) is 10.7. The fourth-order valence-corrected chi connectivity index (χ4v) is 3.42. The maximum absolute atomic E-state index is 12.8. The largest absolute Gasteiger partial charge is 0.488 e. The molecule has 4 aromatic rings. The van der Waals surface area contributed by atoms with Gasteiger partial charge in [-0.15, -0.1) is 0 Å². The molecule has 1 aromatic heterocycles. The number of nitrogens with one attached hydrogen (secondary N) is 1. The summed E-state index contributed by atoms with van der Waals surface area (Å²) < 4.78 is 11.2. The third kappa shape index (κ3) is 4.67. The van der Waals surface area contributed by atoms with E-state index in [1.807, 2.05) is 80.6 Å². The van der Waals surface area contributed by atoms with Crippen molar-refractivity contribution in [1.82, 2.24) is 5.16 Å². The highest BCUT2D eigenvalue weighted by atomic mass is 16.5. The molecule has 1 heterocycles. The van der Waals surface area contributed by atoms with Crippen molar-refractivity contribution in [3.05, 3.63) is 101 Å². The molecule has 0 saturated heterocycles. The van der Waals surface area contributed by atoms with Gasteiger partial charge in [-0.3, -0.25) is 4.79 Å². The first-order chi connectivity index (χ1) is 15.0. The summed E-state index contributed by atoms with van der Waals surface area (Å²) in [5, 5.41) is 6.85. The Balaban J connectivity index is 1.47. The number of anilines is 1. The zero-order valence-electron chi connectivity index (χ0n) is 17.8. The summed E-state index contributed by atoms with van der Waals surface area (Å²) >= 11 is 0. The van der Waals surface area contributed by atoms with Crippen LogP contribution in [0.5, 0.6) is 5.75 Å². The predicted molar refractivity (Wildman–Crippen MR) is 121 cm³/mol. The first kappa shape index (κ1) is 20.4. The number of benzene rings is 3. The standard InChI is InChI=1S/C26H24N2O3/c1-17-9-14-24(18(2)15-17)30-16-23-19(3)31-28-25(23)26(29)27-22-12-10-21(11-13-22)20-7-5-4-6-8-20/h4-15H,16H2,1-3H3,(H,27,29). The van der Waals surface area contributed by atoms with Crippen LogP contribution in [0, 0.1) is 20.8 Å². The number of nitrogens with zero attached hydrogens (tertiary/aromatic N) is 1. The summed E-state index contributed by atoms with van der Waals surface area (Å²) in [4.78, 5) is 12.8. The minimum absolute atomic E-state index is 0.203. The lowest BCUT2D eigenvalue weighted by Crippen LogP contribution is -2.15. The van der Waals surface area contributed by atoms with Crippen LogP contribution in [0.25, 0.3) is 11.1 Å². The van der Waals surface area contributed by atoms with Crippen LogP contribution in [-0.2, 0) is 6.61 Å². The molecule has 0 radical (unpaired) electrons. The van der Waals surface area contributed by atoms with Gasteiger partial charge in [0.05, 0.1) is 5.56 Å². The maximum Gasteiger partial charge on any atom is 0.278 e. The van der Waals surface area contributed by atoms with Crippen molar-refractivity contribution in [2.24, 2.45) is 0 Å². The van der Waals surface area contributed by atoms with Gasteiger partial charge in [0.15, 0.2) is 5.69 Å². The Bertz CT molecular complexity index is 1200. The van der Waals surface area contributed by atoms with E-state index in [1.165, 1.54) is 5.56 Å². The second-order valence-corrected chi connectivity index (χ2v) is 7.52. The molecule has 156 valence electrons. The second kappa shape index (κ2) is 8.88. The summed E-state index contributed by atoms with van der Waals surface area (Å²) in [5.41, 5.74) is 5.97. The fourth-order valence-electron chi connectivity index (χ4n) is 3.42. The van der Waals surface area contributed by atoms with Crippen molar-refractivity contribution in [3.8, 4) is 16.9 Å². The number of hydrogen-bond donors (Lipinski definition) is 1. The zero-order chi connectivity index (χ0) is 21.8. The number of amides is 1. The summed E-state index contributed by atoms with van der Waals surface area (Å²) in [6, 6.07) is 23.8. The van der Waals surface area contributed by atoms with Crippen molar-refractivity contribution >= 4 is 11.6 Å². The molecule has 0 fully saturated rings. The lowest BCUT2D eigenvalue weighted by atomic mass is 10.1. The molecule has 3 aromatic carbocycles. The van der Waals surface area contributed by atoms with Crippen LogP contribution in [0.4, 0.5) is 5.69 Å². The van der Waals surface area contributed by atoms with Crippen molar-refractivity contribution < 1.29 is 14.1 Å². The summed E-state index contributed by atoms with van der Waals surface area (Å²) in [6.45, 7) is 6.01. The molecule has 1 amide bonds. The predicted octanol–water partition coefficient (Wildman–Crippen LogP) is 6.10. The van der Waals surface area contributed by atoms with Gasteiger partial charge >= 0.3 is 0 Å². The van der Waals surface area contributed by atoms with E-state index in [2.05, 4.69) is 16.5 Å². The smallest absolute Gasteiger partial charge is 0.278 e. The molecule has 0 unspecified atom stereocenters. The molecule has 0 saturated carbocycles. The Kier molecular flexibility index (Phi) is 5.85. The maximum atomic E-state index is 12.8. The topological polar surface area (TPSA) is 64.4 Å². The molecule has 0 bridgehead atoms. The number of aromatic nitrogens is 1. The Morgan fingerprint density at radius 1 is 0.935 bits per heavy atom. The third-order valence-electron chi connectivity index (χ3n) is 5.15. The molecule has 31 heavy (non-hydrogen) atoms. The van der Waals surface area contributed by atoms with Crippen molar-refractivity contribution in [3.63, 3.8) is 0 Å². The van der Waals surface area contributed by atoms with Crippen LogP contribution in [0.2, 0.25) is 0 Å². The molecule has 5 nitrogen and oxygen atoms in total. The minimum atomic E-state index is -0.330.